The number of hydrogen-bond acceptors (Lipinski definition) is 5. The summed E-state index contributed by atoms with van der Waals surface area (Å²) in [6, 6.07) is -1.48. The van der Waals surface area contributed by atoms with Gasteiger partial charge in [0.05, 0.1) is 24.3 Å². The third-order valence-electron chi connectivity index (χ3n) is 3.59. The third kappa shape index (κ3) is 2.21. The maximum Gasteiger partial charge on any atom is 0.362 e. The number of β-lactam (4-membered cyclic amide) rings is 1. The minimum atomic E-state index is -4.55. The lowest BCUT2D eigenvalue weighted by Crippen LogP contribution is -2.68. The highest BCUT2D eigenvalue weighted by molar-refractivity contribution is 7.84. The fraction of sp³-hybridized carbons (Fsp3) is 0.364. The summed E-state index contributed by atoms with van der Waals surface area (Å²) in [6.45, 7) is 0.263. The summed E-state index contributed by atoms with van der Waals surface area (Å²) in [5, 5.41) is 0. The summed E-state index contributed by atoms with van der Waals surface area (Å²) in [5.74, 6) is -1.16. The number of nitrogens with zero attached hydrogens (tertiary/aromatic N) is 3. The average molecular weight is 312 g/mol. The number of aromatic amines is 1. The Bertz CT molecular complexity index is 711. The van der Waals surface area contributed by atoms with Crippen molar-refractivity contribution in [2.24, 2.45) is 0 Å². The first-order valence-electron chi connectivity index (χ1n) is 6.17. The largest absolute Gasteiger partial charge is 0.362 e. The summed E-state index contributed by atoms with van der Waals surface area (Å²) in [4.78, 5) is 31.7. The number of amides is 2. The Morgan fingerprint density at radius 2 is 2.29 bits per heavy atom. The van der Waals surface area contributed by atoms with Gasteiger partial charge < -0.3 is 9.88 Å². The van der Waals surface area contributed by atoms with E-state index in [0.717, 1.165) is 0 Å². The molecule has 1 aromatic rings. The number of H-pyrrole nitrogens is 1. The van der Waals surface area contributed by atoms with Crippen LogP contribution in [0.3, 0.4) is 0 Å². The number of carbonyl (C=O) groups is 2. The molecular formula is C11H12N4O5S. The number of nitrogens with one attached hydrogen (secondary N) is 1. The molecule has 3 rings (SSSR count). The zero-order chi connectivity index (χ0) is 15.2. The molecule has 2 saturated heterocycles. The SMILES string of the molecule is O=C(C=Cc1cnc[nH]1)N1CC[C@@H]2[C@H]1C(=O)N2S(=O)(=O)O. The molecule has 2 fully saturated rings. The molecule has 1 aromatic heterocycles. The molecule has 0 unspecified atom stereocenters. The molecule has 10 heteroatoms. The van der Waals surface area contributed by atoms with Crippen molar-refractivity contribution in [3.05, 3.63) is 24.3 Å². The number of rotatable bonds is 3. The fourth-order valence-electron chi connectivity index (χ4n) is 2.68. The van der Waals surface area contributed by atoms with Crippen LogP contribution in [0.5, 0.6) is 0 Å². The number of fused-ring (bicyclic) bond motifs is 1. The average Bonchev–Trinajstić information content (AvgIpc) is 3.00. The van der Waals surface area contributed by atoms with E-state index in [2.05, 4.69) is 9.97 Å². The Hall–Kier alpha value is -2.20. The van der Waals surface area contributed by atoms with Gasteiger partial charge in [0.1, 0.15) is 6.04 Å². The first-order chi connectivity index (χ1) is 9.89. The monoisotopic (exact) mass is 312 g/mol. The molecular weight excluding hydrogens is 300 g/mol. The van der Waals surface area contributed by atoms with E-state index in [1.54, 1.807) is 0 Å². The maximum absolute atomic E-state index is 12.1. The van der Waals surface area contributed by atoms with Crippen molar-refractivity contribution in [1.29, 1.82) is 0 Å². The normalized spacial score (nSPS) is 25.3. The predicted octanol–water partition coefficient (Wildman–Crippen LogP) is -0.963. The Kier molecular flexibility index (Phi) is 3.06. The molecule has 0 aromatic carbocycles. The van der Waals surface area contributed by atoms with Gasteiger partial charge in [-0.2, -0.15) is 8.42 Å². The molecule has 0 saturated carbocycles. The van der Waals surface area contributed by atoms with Gasteiger partial charge in [-0.25, -0.2) is 9.29 Å². The van der Waals surface area contributed by atoms with Gasteiger partial charge in [-0.1, -0.05) is 0 Å². The number of aromatic nitrogens is 2. The molecule has 112 valence electrons. The van der Waals surface area contributed by atoms with Crippen LogP contribution in [0.1, 0.15) is 12.1 Å². The molecule has 2 aliphatic rings. The van der Waals surface area contributed by atoms with Crippen LogP contribution in [0.15, 0.2) is 18.6 Å². The van der Waals surface area contributed by atoms with E-state index in [1.165, 1.54) is 29.6 Å². The van der Waals surface area contributed by atoms with Crippen molar-refractivity contribution in [3.63, 3.8) is 0 Å². The summed E-state index contributed by atoms with van der Waals surface area (Å²) in [6.07, 6.45) is 6.13. The topological polar surface area (TPSA) is 124 Å². The standard InChI is InChI=1S/C11H12N4O5S/c16-9(2-1-7-5-12-6-13-7)14-4-3-8-10(14)11(17)15(8)21(18,19)20/h1-2,5-6,8,10H,3-4H2,(H,12,13)(H,18,19,20)/t8-,10+/m1/s1. The number of imidazole rings is 1. The highest BCUT2D eigenvalue weighted by Gasteiger charge is 2.59. The van der Waals surface area contributed by atoms with Gasteiger partial charge in [-0.15, -0.1) is 0 Å². The first kappa shape index (κ1) is 13.8. The minimum absolute atomic E-state index is 0.263. The van der Waals surface area contributed by atoms with Crippen LogP contribution in [0, 0.1) is 0 Å². The van der Waals surface area contributed by atoms with E-state index in [0.29, 0.717) is 16.4 Å². The van der Waals surface area contributed by atoms with E-state index in [-0.39, 0.29) is 12.5 Å². The van der Waals surface area contributed by atoms with E-state index in [1.807, 2.05) is 0 Å². The molecule has 3 heterocycles. The quantitative estimate of drug-likeness (QED) is 0.421. The van der Waals surface area contributed by atoms with E-state index in [9.17, 15) is 18.0 Å². The van der Waals surface area contributed by atoms with Crippen LogP contribution < -0.4 is 0 Å². The molecule has 2 N–H and O–H groups in total. The Labute approximate surface area is 120 Å². The summed E-state index contributed by atoms with van der Waals surface area (Å²) in [7, 11) is -4.55. The lowest BCUT2D eigenvalue weighted by Gasteiger charge is -2.42. The minimum Gasteiger partial charge on any atom is -0.345 e. The Morgan fingerprint density at radius 1 is 1.52 bits per heavy atom. The van der Waals surface area contributed by atoms with Crippen molar-refractivity contribution in [2.45, 2.75) is 18.5 Å². The smallest absolute Gasteiger partial charge is 0.345 e. The van der Waals surface area contributed by atoms with E-state index in [4.69, 9.17) is 4.55 Å². The molecule has 9 nitrogen and oxygen atoms in total. The zero-order valence-electron chi connectivity index (χ0n) is 10.7. The molecule has 2 atom stereocenters. The number of likely N-dealkylation sites (tertiary alicyclic amines) is 1. The van der Waals surface area contributed by atoms with Gasteiger partial charge in [-0.3, -0.25) is 14.1 Å². The Morgan fingerprint density at radius 3 is 2.90 bits per heavy atom. The molecule has 21 heavy (non-hydrogen) atoms. The predicted molar refractivity (Wildman–Crippen MR) is 69.9 cm³/mol. The van der Waals surface area contributed by atoms with Crippen molar-refractivity contribution in [2.75, 3.05) is 6.54 Å². The van der Waals surface area contributed by atoms with Crippen LogP contribution in [0.25, 0.3) is 6.08 Å². The highest BCUT2D eigenvalue weighted by atomic mass is 32.2. The summed E-state index contributed by atoms with van der Waals surface area (Å²) >= 11 is 0. The second-order valence-corrected chi connectivity index (χ2v) is 6.07. The van der Waals surface area contributed by atoms with Gasteiger partial charge in [-0.05, 0) is 12.5 Å². The first-order valence-corrected chi connectivity index (χ1v) is 7.57. The van der Waals surface area contributed by atoms with Crippen molar-refractivity contribution in [1.82, 2.24) is 19.2 Å². The lowest BCUT2D eigenvalue weighted by atomic mass is 10.0. The van der Waals surface area contributed by atoms with Gasteiger partial charge in [0, 0.05) is 12.6 Å². The summed E-state index contributed by atoms with van der Waals surface area (Å²) in [5.41, 5.74) is 0.638. The zero-order valence-corrected chi connectivity index (χ0v) is 11.5. The Balaban J connectivity index is 1.72. The van der Waals surface area contributed by atoms with Crippen molar-refractivity contribution >= 4 is 28.2 Å². The summed E-state index contributed by atoms with van der Waals surface area (Å²) < 4.78 is 31.5. The third-order valence-corrected chi connectivity index (χ3v) is 4.54. The molecule has 2 aliphatic heterocycles. The molecule has 0 bridgehead atoms. The van der Waals surface area contributed by atoms with E-state index >= 15 is 0 Å². The van der Waals surface area contributed by atoms with Gasteiger partial charge >= 0.3 is 10.3 Å². The van der Waals surface area contributed by atoms with Gasteiger partial charge in [0.2, 0.25) is 5.91 Å². The van der Waals surface area contributed by atoms with Crippen molar-refractivity contribution < 1.29 is 22.6 Å². The van der Waals surface area contributed by atoms with Crippen molar-refractivity contribution in [3.8, 4) is 0 Å². The molecule has 0 spiro atoms. The number of hydrogen-bond donors (Lipinski definition) is 2. The van der Waals surface area contributed by atoms with E-state index < -0.39 is 28.3 Å². The van der Waals surface area contributed by atoms with Gasteiger partial charge in [0.25, 0.3) is 5.91 Å². The molecule has 2 amide bonds. The second-order valence-electron chi connectivity index (χ2n) is 4.78. The van der Waals surface area contributed by atoms with Crippen LogP contribution in [-0.2, 0) is 19.9 Å². The highest BCUT2D eigenvalue weighted by Crippen LogP contribution is 2.35. The maximum atomic E-state index is 12.1. The lowest BCUT2D eigenvalue weighted by molar-refractivity contribution is -0.149. The molecule has 0 aliphatic carbocycles. The second kappa shape index (κ2) is 4.67. The van der Waals surface area contributed by atoms with Crippen LogP contribution in [0.2, 0.25) is 0 Å². The number of carbonyl (C=O) groups excluding carboxylic acids is 2. The van der Waals surface area contributed by atoms with Crippen LogP contribution in [0.4, 0.5) is 0 Å². The van der Waals surface area contributed by atoms with Gasteiger partial charge in [0.15, 0.2) is 0 Å². The van der Waals surface area contributed by atoms with Crippen LogP contribution in [-0.4, -0.2) is 62.6 Å². The van der Waals surface area contributed by atoms with Crippen LogP contribution >= 0.6 is 0 Å². The fourth-order valence-corrected chi connectivity index (χ4v) is 3.58. The molecule has 0 radical (unpaired) electrons.